The van der Waals surface area contributed by atoms with Crippen LogP contribution in [0.4, 0.5) is 20.2 Å². The molecule has 1 N–H and O–H groups in total. The quantitative estimate of drug-likeness (QED) is 0.475. The molecule has 94 valence electrons. The van der Waals surface area contributed by atoms with Crippen LogP contribution in [0.1, 0.15) is 6.92 Å². The van der Waals surface area contributed by atoms with Gasteiger partial charge in [0.15, 0.2) is 11.6 Å². The smallest absolute Gasteiger partial charge is 0.295 e. The van der Waals surface area contributed by atoms with E-state index in [0.717, 1.165) is 6.07 Å². The van der Waals surface area contributed by atoms with Crippen molar-refractivity contribution >= 4 is 11.4 Å². The van der Waals surface area contributed by atoms with Crippen molar-refractivity contribution in [3.8, 4) is 0 Å². The first-order chi connectivity index (χ1) is 8.06. The van der Waals surface area contributed by atoms with Crippen molar-refractivity contribution in [3.05, 3.63) is 33.9 Å². The molecule has 0 atom stereocenters. The van der Waals surface area contributed by atoms with Gasteiger partial charge in [0.1, 0.15) is 5.69 Å². The molecule has 7 heteroatoms. The third-order valence-electron chi connectivity index (χ3n) is 2.00. The highest BCUT2D eigenvalue weighted by molar-refractivity contribution is 5.61. The average molecular weight is 246 g/mol. The normalized spacial score (nSPS) is 10.3. The van der Waals surface area contributed by atoms with E-state index in [0.29, 0.717) is 19.3 Å². The molecule has 0 amide bonds. The molecule has 0 radical (unpaired) electrons. The Balaban J connectivity index is 2.81. The molecule has 0 saturated heterocycles. The summed E-state index contributed by atoms with van der Waals surface area (Å²) in [6, 6.07) is 1.32. The molecule has 0 aliphatic rings. The fourth-order valence-corrected chi connectivity index (χ4v) is 1.23. The van der Waals surface area contributed by atoms with Gasteiger partial charge in [0.2, 0.25) is 0 Å². The summed E-state index contributed by atoms with van der Waals surface area (Å²) in [5.74, 6) is -2.37. The van der Waals surface area contributed by atoms with Gasteiger partial charge >= 0.3 is 0 Å². The van der Waals surface area contributed by atoms with Gasteiger partial charge in [0, 0.05) is 19.2 Å². The number of nitro benzene ring substituents is 1. The lowest BCUT2D eigenvalue weighted by Crippen LogP contribution is -2.11. The predicted molar refractivity (Wildman–Crippen MR) is 58.0 cm³/mol. The first kappa shape index (κ1) is 13.3. The maximum absolute atomic E-state index is 12.9. The van der Waals surface area contributed by atoms with Crippen molar-refractivity contribution in [3.63, 3.8) is 0 Å². The molecule has 0 aliphatic carbocycles. The number of hydrogen-bond donors (Lipinski definition) is 1. The van der Waals surface area contributed by atoms with Gasteiger partial charge < -0.3 is 10.1 Å². The number of ether oxygens (including phenoxy) is 1. The molecule has 0 aromatic heterocycles. The number of hydrogen-bond acceptors (Lipinski definition) is 4. The zero-order chi connectivity index (χ0) is 12.8. The Hall–Kier alpha value is -1.76. The Kier molecular flexibility index (Phi) is 4.77. The van der Waals surface area contributed by atoms with Crippen molar-refractivity contribution in [2.75, 3.05) is 25.1 Å². The van der Waals surface area contributed by atoms with E-state index in [1.54, 1.807) is 6.92 Å². The largest absolute Gasteiger partial charge is 0.380 e. The van der Waals surface area contributed by atoms with Gasteiger partial charge in [-0.3, -0.25) is 10.1 Å². The van der Waals surface area contributed by atoms with Crippen LogP contribution in [0.2, 0.25) is 0 Å². The van der Waals surface area contributed by atoms with Crippen LogP contribution in [-0.4, -0.2) is 24.7 Å². The number of nitrogens with one attached hydrogen (secondary N) is 1. The molecule has 0 aliphatic heterocycles. The summed E-state index contributed by atoms with van der Waals surface area (Å²) in [4.78, 5) is 9.85. The number of rotatable bonds is 6. The molecule has 0 fully saturated rings. The van der Waals surface area contributed by atoms with Crippen molar-refractivity contribution < 1.29 is 18.4 Å². The van der Waals surface area contributed by atoms with Crippen molar-refractivity contribution in [1.29, 1.82) is 0 Å². The van der Waals surface area contributed by atoms with Gasteiger partial charge in [-0.15, -0.1) is 0 Å². The van der Waals surface area contributed by atoms with Crippen LogP contribution in [0.25, 0.3) is 0 Å². The Morgan fingerprint density at radius 3 is 2.65 bits per heavy atom. The van der Waals surface area contributed by atoms with E-state index >= 15 is 0 Å². The molecule has 0 unspecified atom stereocenters. The van der Waals surface area contributed by atoms with Gasteiger partial charge in [-0.2, -0.15) is 0 Å². The molecule has 17 heavy (non-hydrogen) atoms. The standard InChI is InChI=1S/C10H12F2N2O3/c1-2-17-4-3-13-9-5-7(11)8(12)6-10(9)14(15)16/h5-6,13H,2-4H2,1H3. The summed E-state index contributed by atoms with van der Waals surface area (Å²) in [5, 5.41) is 13.2. The number of halogens is 2. The Labute approximate surface area is 96.5 Å². The lowest BCUT2D eigenvalue weighted by Gasteiger charge is -2.07. The second-order valence-electron chi connectivity index (χ2n) is 3.16. The van der Waals surface area contributed by atoms with E-state index in [9.17, 15) is 18.9 Å². The minimum Gasteiger partial charge on any atom is -0.380 e. The highest BCUT2D eigenvalue weighted by atomic mass is 19.2. The van der Waals surface area contributed by atoms with Crippen LogP contribution in [0, 0.1) is 21.7 Å². The highest BCUT2D eigenvalue weighted by Crippen LogP contribution is 2.26. The van der Waals surface area contributed by atoms with Gasteiger partial charge in [-0.1, -0.05) is 0 Å². The molecule has 0 spiro atoms. The Bertz CT molecular complexity index is 413. The molecule has 0 bridgehead atoms. The van der Waals surface area contributed by atoms with Crippen LogP contribution >= 0.6 is 0 Å². The summed E-state index contributed by atoms with van der Waals surface area (Å²) >= 11 is 0. The molecule has 0 heterocycles. The molecule has 5 nitrogen and oxygen atoms in total. The van der Waals surface area contributed by atoms with Crippen molar-refractivity contribution in [1.82, 2.24) is 0 Å². The fourth-order valence-electron chi connectivity index (χ4n) is 1.23. The molecule has 1 rings (SSSR count). The molecule has 1 aromatic carbocycles. The van der Waals surface area contributed by atoms with Crippen LogP contribution < -0.4 is 5.32 Å². The van der Waals surface area contributed by atoms with Crippen molar-refractivity contribution in [2.45, 2.75) is 6.92 Å². The molecular formula is C10H12F2N2O3. The van der Waals surface area contributed by atoms with Crippen LogP contribution in [0.3, 0.4) is 0 Å². The van der Waals surface area contributed by atoms with E-state index in [1.165, 1.54) is 0 Å². The van der Waals surface area contributed by atoms with Crippen LogP contribution in [-0.2, 0) is 4.74 Å². The second-order valence-corrected chi connectivity index (χ2v) is 3.16. The lowest BCUT2D eigenvalue weighted by atomic mass is 10.2. The van der Waals surface area contributed by atoms with Gasteiger partial charge in [-0.05, 0) is 6.92 Å². The van der Waals surface area contributed by atoms with Crippen LogP contribution in [0.15, 0.2) is 12.1 Å². The van der Waals surface area contributed by atoms with E-state index in [-0.39, 0.29) is 12.2 Å². The predicted octanol–water partition coefficient (Wildman–Crippen LogP) is 2.32. The first-order valence-electron chi connectivity index (χ1n) is 5.01. The first-order valence-corrected chi connectivity index (χ1v) is 5.01. The summed E-state index contributed by atoms with van der Waals surface area (Å²) < 4.78 is 30.8. The zero-order valence-electron chi connectivity index (χ0n) is 9.20. The van der Waals surface area contributed by atoms with Gasteiger partial charge in [0.25, 0.3) is 5.69 Å². The maximum atomic E-state index is 12.9. The minimum absolute atomic E-state index is 0.0615. The number of anilines is 1. The van der Waals surface area contributed by atoms with E-state index in [1.807, 2.05) is 0 Å². The zero-order valence-corrected chi connectivity index (χ0v) is 9.20. The summed E-state index contributed by atoms with van der Waals surface area (Å²) in [5.41, 5.74) is -0.561. The molecule has 0 saturated carbocycles. The summed E-state index contributed by atoms with van der Waals surface area (Å²) in [6.07, 6.45) is 0. The molecular weight excluding hydrogens is 234 g/mol. The van der Waals surface area contributed by atoms with E-state index in [2.05, 4.69) is 5.32 Å². The highest BCUT2D eigenvalue weighted by Gasteiger charge is 2.18. The number of benzene rings is 1. The maximum Gasteiger partial charge on any atom is 0.295 e. The summed E-state index contributed by atoms with van der Waals surface area (Å²) in [7, 11) is 0. The van der Waals surface area contributed by atoms with Gasteiger partial charge in [-0.25, -0.2) is 8.78 Å². The van der Waals surface area contributed by atoms with Crippen LogP contribution in [0.5, 0.6) is 0 Å². The van der Waals surface area contributed by atoms with Crippen molar-refractivity contribution in [2.24, 2.45) is 0 Å². The lowest BCUT2D eigenvalue weighted by molar-refractivity contribution is -0.384. The Morgan fingerprint density at radius 2 is 2.06 bits per heavy atom. The number of nitrogens with zero attached hydrogens (tertiary/aromatic N) is 1. The monoisotopic (exact) mass is 246 g/mol. The summed E-state index contributed by atoms with van der Waals surface area (Å²) in [6.45, 7) is 2.92. The SMILES string of the molecule is CCOCCNc1cc(F)c(F)cc1[N+](=O)[O-]. The average Bonchev–Trinajstić information content (AvgIpc) is 2.28. The Morgan fingerprint density at radius 1 is 1.41 bits per heavy atom. The van der Waals surface area contributed by atoms with E-state index in [4.69, 9.17) is 4.74 Å². The van der Waals surface area contributed by atoms with Gasteiger partial charge in [0.05, 0.1) is 17.6 Å². The molecule has 1 aromatic rings. The van der Waals surface area contributed by atoms with E-state index < -0.39 is 22.2 Å². The number of nitro groups is 1. The minimum atomic E-state index is -1.24. The topological polar surface area (TPSA) is 64.4 Å². The fraction of sp³-hybridized carbons (Fsp3) is 0.400. The third-order valence-corrected chi connectivity index (χ3v) is 2.00. The second kappa shape index (κ2) is 6.09. The third kappa shape index (κ3) is 3.63.